The van der Waals surface area contributed by atoms with Gasteiger partial charge in [0, 0.05) is 10.0 Å². The van der Waals surface area contributed by atoms with Crippen LogP contribution in [0.25, 0.3) is 11.3 Å². The van der Waals surface area contributed by atoms with Gasteiger partial charge in [-0.05, 0) is 18.2 Å². The van der Waals surface area contributed by atoms with Gasteiger partial charge >= 0.3 is 0 Å². The third-order valence-corrected chi connectivity index (χ3v) is 2.35. The molecule has 4 nitrogen and oxygen atoms in total. The number of ether oxygens (including phenoxy) is 1. The average molecular weight is 254 g/mol. The predicted octanol–water partition coefficient (Wildman–Crippen LogP) is 2.24. The van der Waals surface area contributed by atoms with Gasteiger partial charge < -0.3 is 4.74 Å². The number of halogens is 1. The van der Waals surface area contributed by atoms with Crippen LogP contribution < -0.4 is 4.74 Å². The Hall–Kier alpha value is -1.36. The zero-order chi connectivity index (χ0) is 9.97. The van der Waals surface area contributed by atoms with E-state index in [1.54, 1.807) is 13.3 Å². The first-order valence-electron chi connectivity index (χ1n) is 4.01. The fraction of sp³-hybridized carbons (Fsp3) is 0.111. The minimum absolute atomic E-state index is 0.767. The van der Waals surface area contributed by atoms with Crippen LogP contribution in [0.1, 0.15) is 0 Å². The highest BCUT2D eigenvalue weighted by Gasteiger charge is 2.08. The molecule has 0 aliphatic heterocycles. The first-order valence-corrected chi connectivity index (χ1v) is 4.80. The van der Waals surface area contributed by atoms with Crippen LogP contribution >= 0.6 is 15.9 Å². The van der Waals surface area contributed by atoms with Crippen molar-refractivity contribution in [3.8, 4) is 17.0 Å². The van der Waals surface area contributed by atoms with Gasteiger partial charge in [-0.2, -0.15) is 15.4 Å². The molecule has 1 aromatic carbocycles. The second-order valence-corrected chi connectivity index (χ2v) is 3.62. The lowest BCUT2D eigenvalue weighted by Gasteiger charge is -2.05. The standard InChI is InChI=1S/C9H8BrN3O/c1-14-9-3-2-6(10)4-7(9)8-5-11-13-12-8/h2-5H,1H3,(H,11,12,13). The number of aromatic amines is 1. The molecule has 2 rings (SSSR count). The monoisotopic (exact) mass is 253 g/mol. The lowest BCUT2D eigenvalue weighted by molar-refractivity contribution is 0.416. The van der Waals surface area contributed by atoms with Gasteiger partial charge in [0.15, 0.2) is 0 Å². The van der Waals surface area contributed by atoms with Gasteiger partial charge in [-0.1, -0.05) is 15.9 Å². The van der Waals surface area contributed by atoms with Crippen LogP contribution in [0.5, 0.6) is 5.75 Å². The second-order valence-electron chi connectivity index (χ2n) is 2.70. The topological polar surface area (TPSA) is 50.8 Å². The number of rotatable bonds is 2. The van der Waals surface area contributed by atoms with Gasteiger partial charge in [-0.25, -0.2) is 0 Å². The number of nitrogens with zero attached hydrogens (tertiary/aromatic N) is 2. The minimum atomic E-state index is 0.767. The van der Waals surface area contributed by atoms with Crippen LogP contribution in [-0.4, -0.2) is 22.5 Å². The van der Waals surface area contributed by atoms with Crippen LogP contribution in [0.3, 0.4) is 0 Å². The zero-order valence-electron chi connectivity index (χ0n) is 7.49. The molecule has 5 heteroatoms. The van der Waals surface area contributed by atoms with E-state index < -0.39 is 0 Å². The summed E-state index contributed by atoms with van der Waals surface area (Å²) >= 11 is 3.40. The van der Waals surface area contributed by atoms with Crippen LogP contribution in [0.2, 0.25) is 0 Å². The molecular formula is C9H8BrN3O. The number of aromatic nitrogens is 3. The highest BCUT2D eigenvalue weighted by molar-refractivity contribution is 9.10. The van der Waals surface area contributed by atoms with Crippen molar-refractivity contribution in [3.63, 3.8) is 0 Å². The average Bonchev–Trinajstić information content (AvgIpc) is 2.70. The first-order chi connectivity index (χ1) is 6.81. The summed E-state index contributed by atoms with van der Waals surface area (Å²) in [5.74, 6) is 0.780. The summed E-state index contributed by atoms with van der Waals surface area (Å²) in [6.07, 6.45) is 1.66. The second kappa shape index (κ2) is 3.79. The minimum Gasteiger partial charge on any atom is -0.496 e. The van der Waals surface area contributed by atoms with E-state index in [1.807, 2.05) is 18.2 Å². The van der Waals surface area contributed by atoms with E-state index >= 15 is 0 Å². The summed E-state index contributed by atoms with van der Waals surface area (Å²) in [5, 5.41) is 10.3. The molecule has 0 unspecified atom stereocenters. The van der Waals surface area contributed by atoms with Crippen molar-refractivity contribution in [3.05, 3.63) is 28.9 Å². The molecule has 0 amide bonds. The molecule has 0 bridgehead atoms. The molecule has 0 saturated heterocycles. The molecule has 0 fully saturated rings. The van der Waals surface area contributed by atoms with Crippen molar-refractivity contribution in [2.75, 3.05) is 7.11 Å². The number of benzene rings is 1. The Balaban J connectivity index is 2.55. The quantitative estimate of drug-likeness (QED) is 0.894. The van der Waals surface area contributed by atoms with Gasteiger partial charge in [0.25, 0.3) is 0 Å². The van der Waals surface area contributed by atoms with E-state index in [2.05, 4.69) is 31.3 Å². The van der Waals surface area contributed by atoms with Crippen molar-refractivity contribution >= 4 is 15.9 Å². The van der Waals surface area contributed by atoms with E-state index in [0.717, 1.165) is 21.5 Å². The highest BCUT2D eigenvalue weighted by atomic mass is 79.9. The number of nitrogens with one attached hydrogen (secondary N) is 1. The molecule has 14 heavy (non-hydrogen) atoms. The van der Waals surface area contributed by atoms with Gasteiger partial charge in [0.1, 0.15) is 11.4 Å². The highest BCUT2D eigenvalue weighted by Crippen LogP contribution is 2.30. The Bertz CT molecular complexity index is 428. The van der Waals surface area contributed by atoms with Crippen molar-refractivity contribution < 1.29 is 4.74 Å². The van der Waals surface area contributed by atoms with Crippen molar-refractivity contribution in [2.24, 2.45) is 0 Å². The lowest BCUT2D eigenvalue weighted by atomic mass is 10.1. The number of methoxy groups -OCH3 is 1. The summed E-state index contributed by atoms with van der Waals surface area (Å²) in [7, 11) is 1.63. The van der Waals surface area contributed by atoms with E-state index in [0.29, 0.717) is 0 Å². The normalized spacial score (nSPS) is 10.1. The van der Waals surface area contributed by atoms with Crippen molar-refractivity contribution in [2.45, 2.75) is 0 Å². The molecule has 0 spiro atoms. The maximum absolute atomic E-state index is 5.22. The van der Waals surface area contributed by atoms with Crippen molar-refractivity contribution in [1.82, 2.24) is 15.4 Å². The van der Waals surface area contributed by atoms with Crippen LogP contribution in [0, 0.1) is 0 Å². The molecule has 1 aromatic heterocycles. The smallest absolute Gasteiger partial charge is 0.128 e. The van der Waals surface area contributed by atoms with E-state index in [-0.39, 0.29) is 0 Å². The fourth-order valence-corrected chi connectivity index (χ4v) is 1.57. The molecule has 0 aliphatic rings. The summed E-state index contributed by atoms with van der Waals surface area (Å²) in [4.78, 5) is 0. The summed E-state index contributed by atoms with van der Waals surface area (Å²) in [6.45, 7) is 0. The molecule has 2 aromatic rings. The number of hydrogen-bond donors (Lipinski definition) is 1. The van der Waals surface area contributed by atoms with E-state index in [1.165, 1.54) is 0 Å². The van der Waals surface area contributed by atoms with Crippen LogP contribution in [0.4, 0.5) is 0 Å². The summed E-state index contributed by atoms with van der Waals surface area (Å²) in [6, 6.07) is 5.74. The number of H-pyrrole nitrogens is 1. The Morgan fingerprint density at radius 1 is 1.43 bits per heavy atom. The van der Waals surface area contributed by atoms with E-state index in [4.69, 9.17) is 4.74 Å². The molecule has 1 heterocycles. The predicted molar refractivity (Wildman–Crippen MR) is 56.1 cm³/mol. The van der Waals surface area contributed by atoms with E-state index in [9.17, 15) is 0 Å². The maximum Gasteiger partial charge on any atom is 0.128 e. The maximum atomic E-state index is 5.22. The molecule has 0 atom stereocenters. The largest absolute Gasteiger partial charge is 0.496 e. The molecule has 72 valence electrons. The van der Waals surface area contributed by atoms with Gasteiger partial charge in [-0.15, -0.1) is 0 Å². The Kier molecular flexibility index (Phi) is 2.49. The molecule has 0 aliphatic carbocycles. The Morgan fingerprint density at radius 3 is 2.93 bits per heavy atom. The SMILES string of the molecule is COc1ccc(Br)cc1-c1cn[nH]n1. The van der Waals surface area contributed by atoms with Gasteiger partial charge in [0.05, 0.1) is 13.3 Å². The van der Waals surface area contributed by atoms with Crippen LogP contribution in [0.15, 0.2) is 28.9 Å². The zero-order valence-corrected chi connectivity index (χ0v) is 9.08. The molecule has 0 saturated carbocycles. The van der Waals surface area contributed by atoms with Crippen LogP contribution in [-0.2, 0) is 0 Å². The van der Waals surface area contributed by atoms with Gasteiger partial charge in [0.2, 0.25) is 0 Å². The Labute approximate surface area is 89.4 Å². The Morgan fingerprint density at radius 2 is 2.29 bits per heavy atom. The molecule has 0 radical (unpaired) electrons. The van der Waals surface area contributed by atoms with Crippen molar-refractivity contribution in [1.29, 1.82) is 0 Å². The fourth-order valence-electron chi connectivity index (χ4n) is 1.21. The number of hydrogen-bond acceptors (Lipinski definition) is 3. The summed E-state index contributed by atoms with van der Waals surface area (Å²) in [5.41, 5.74) is 1.68. The lowest BCUT2D eigenvalue weighted by Crippen LogP contribution is -1.88. The third kappa shape index (κ3) is 1.63. The summed E-state index contributed by atoms with van der Waals surface area (Å²) < 4.78 is 6.20. The first kappa shape index (κ1) is 9.21. The molecular weight excluding hydrogens is 246 g/mol. The molecule has 1 N–H and O–H groups in total. The van der Waals surface area contributed by atoms with Gasteiger partial charge in [-0.3, -0.25) is 0 Å². The third-order valence-electron chi connectivity index (χ3n) is 1.85.